The van der Waals surface area contributed by atoms with Crippen molar-refractivity contribution in [2.24, 2.45) is 0 Å². The molecule has 1 aromatic rings. The van der Waals surface area contributed by atoms with Gasteiger partial charge in [-0.15, -0.1) is 0 Å². The number of hydrogen-bond donors (Lipinski definition) is 0. The average Bonchev–Trinajstić information content (AvgIpc) is 2.30. The van der Waals surface area contributed by atoms with Crippen LogP contribution in [0, 0.1) is 0 Å². The van der Waals surface area contributed by atoms with Crippen LogP contribution in [0.15, 0.2) is 24.3 Å². The molecule has 65 valence electrons. The second kappa shape index (κ2) is 3.09. The number of fused-ring (bicyclic) bond motifs is 1. The van der Waals surface area contributed by atoms with Crippen LogP contribution in [0.3, 0.4) is 0 Å². The van der Waals surface area contributed by atoms with Gasteiger partial charge in [0.05, 0.1) is 11.1 Å². The fourth-order valence-electron chi connectivity index (χ4n) is 1.03. The smallest absolute Gasteiger partial charge is 0.346 e. The van der Waals surface area contributed by atoms with Crippen molar-refractivity contribution in [1.29, 1.82) is 0 Å². The summed E-state index contributed by atoms with van der Waals surface area (Å²) in [5, 5.41) is 0. The number of hydrogen-bond acceptors (Lipinski definition) is 3. The van der Waals surface area contributed by atoms with E-state index in [2.05, 4.69) is 4.74 Å². The van der Waals surface area contributed by atoms with Gasteiger partial charge in [0.1, 0.15) is 0 Å². The molecule has 1 radical (unpaired) electrons. The van der Waals surface area contributed by atoms with Crippen molar-refractivity contribution in [2.75, 3.05) is 0 Å². The van der Waals surface area contributed by atoms with Gasteiger partial charge in [0, 0.05) is 17.1 Å². The van der Waals surface area contributed by atoms with Crippen LogP contribution in [0.1, 0.15) is 20.7 Å². The number of cyclic esters (lactones) is 2. The topological polar surface area (TPSA) is 43.4 Å². The molecular weight excluding hydrogens is 208 g/mol. The van der Waals surface area contributed by atoms with E-state index in [1.54, 1.807) is 24.3 Å². The van der Waals surface area contributed by atoms with E-state index in [1.165, 1.54) is 0 Å². The predicted molar refractivity (Wildman–Crippen MR) is 36.2 cm³/mol. The molecule has 0 fully saturated rings. The minimum absolute atomic E-state index is 0. The Morgan fingerprint density at radius 2 is 1.33 bits per heavy atom. The molecule has 0 aromatic heterocycles. The monoisotopic (exact) mass is 211 g/mol. The Morgan fingerprint density at radius 1 is 0.917 bits per heavy atom. The van der Waals surface area contributed by atoms with E-state index in [0.717, 1.165) is 0 Å². The Hall–Kier alpha value is -1.12. The summed E-state index contributed by atoms with van der Waals surface area (Å²) in [5.74, 6) is -1.10. The van der Waals surface area contributed by atoms with E-state index in [9.17, 15) is 9.59 Å². The minimum Gasteiger partial charge on any atom is -0.386 e. The molecule has 1 aliphatic heterocycles. The van der Waals surface area contributed by atoms with E-state index < -0.39 is 11.9 Å². The molecular formula is C8H4CuO3. The normalized spacial score (nSPS) is 13.3. The third-order valence-electron chi connectivity index (χ3n) is 1.55. The van der Waals surface area contributed by atoms with Crippen LogP contribution in [0.4, 0.5) is 0 Å². The number of rotatable bonds is 0. The van der Waals surface area contributed by atoms with E-state index in [-0.39, 0.29) is 17.1 Å². The molecule has 0 N–H and O–H groups in total. The molecule has 0 atom stereocenters. The van der Waals surface area contributed by atoms with Crippen LogP contribution in [0.5, 0.6) is 0 Å². The zero-order chi connectivity index (χ0) is 7.84. The molecule has 12 heavy (non-hydrogen) atoms. The first-order valence-electron chi connectivity index (χ1n) is 3.14. The van der Waals surface area contributed by atoms with Gasteiger partial charge in [-0.25, -0.2) is 9.59 Å². The summed E-state index contributed by atoms with van der Waals surface area (Å²) in [5.41, 5.74) is 0.718. The maximum Gasteiger partial charge on any atom is 0.346 e. The fraction of sp³-hybridized carbons (Fsp3) is 0. The Morgan fingerprint density at radius 3 is 1.75 bits per heavy atom. The molecule has 0 saturated heterocycles. The van der Waals surface area contributed by atoms with Gasteiger partial charge in [0.25, 0.3) is 0 Å². The molecule has 0 amide bonds. The van der Waals surface area contributed by atoms with Crippen molar-refractivity contribution in [3.05, 3.63) is 35.4 Å². The van der Waals surface area contributed by atoms with Crippen molar-refractivity contribution in [1.82, 2.24) is 0 Å². The molecule has 0 unspecified atom stereocenters. The largest absolute Gasteiger partial charge is 0.386 e. The first-order chi connectivity index (χ1) is 5.29. The van der Waals surface area contributed by atoms with Gasteiger partial charge in [0.15, 0.2) is 0 Å². The number of carbonyl (C=O) groups excluding carboxylic acids is 2. The standard InChI is InChI=1S/C8H4O3.Cu/c9-7-5-3-1-2-4-6(5)8(10)11-7;/h1-4H;. The first kappa shape index (κ1) is 8.97. The van der Waals surface area contributed by atoms with Crippen LogP contribution in [0.25, 0.3) is 0 Å². The quantitative estimate of drug-likeness (QED) is 0.365. The molecule has 2 rings (SSSR count). The number of esters is 2. The molecule has 1 heterocycles. The molecule has 1 aliphatic rings. The summed E-state index contributed by atoms with van der Waals surface area (Å²) in [4.78, 5) is 21.7. The molecule has 3 nitrogen and oxygen atoms in total. The van der Waals surface area contributed by atoms with E-state index in [0.29, 0.717) is 11.1 Å². The van der Waals surface area contributed by atoms with Crippen molar-refractivity contribution >= 4 is 11.9 Å². The maximum absolute atomic E-state index is 10.8. The average molecular weight is 212 g/mol. The number of benzene rings is 1. The number of carbonyl (C=O) groups is 2. The van der Waals surface area contributed by atoms with Crippen LogP contribution in [0.2, 0.25) is 0 Å². The third-order valence-corrected chi connectivity index (χ3v) is 1.55. The molecule has 0 bridgehead atoms. The van der Waals surface area contributed by atoms with Gasteiger partial charge < -0.3 is 4.74 Å². The van der Waals surface area contributed by atoms with Gasteiger partial charge in [-0.2, -0.15) is 0 Å². The third kappa shape index (κ3) is 1.15. The maximum atomic E-state index is 10.8. The Balaban J connectivity index is 0.000000720. The van der Waals surface area contributed by atoms with Crippen molar-refractivity contribution < 1.29 is 31.4 Å². The molecule has 0 saturated carbocycles. The van der Waals surface area contributed by atoms with Crippen LogP contribution in [-0.2, 0) is 21.8 Å². The van der Waals surface area contributed by atoms with Crippen molar-refractivity contribution in [2.45, 2.75) is 0 Å². The molecule has 0 aliphatic carbocycles. The van der Waals surface area contributed by atoms with E-state index in [1.807, 2.05) is 0 Å². The van der Waals surface area contributed by atoms with E-state index in [4.69, 9.17) is 0 Å². The number of ether oxygens (including phenoxy) is 1. The second-order valence-electron chi connectivity index (χ2n) is 2.22. The summed E-state index contributed by atoms with van der Waals surface area (Å²) < 4.78 is 4.35. The van der Waals surface area contributed by atoms with Gasteiger partial charge in [-0.05, 0) is 12.1 Å². The molecule has 0 spiro atoms. The molecule has 4 heteroatoms. The van der Waals surface area contributed by atoms with E-state index >= 15 is 0 Å². The summed E-state index contributed by atoms with van der Waals surface area (Å²) in [6.45, 7) is 0. The summed E-state index contributed by atoms with van der Waals surface area (Å²) >= 11 is 0. The van der Waals surface area contributed by atoms with Crippen LogP contribution in [-0.4, -0.2) is 11.9 Å². The Labute approximate surface area is 79.2 Å². The Kier molecular flexibility index (Phi) is 2.31. The fourth-order valence-corrected chi connectivity index (χ4v) is 1.03. The summed E-state index contributed by atoms with van der Waals surface area (Å²) in [7, 11) is 0. The minimum atomic E-state index is -0.550. The predicted octanol–water partition coefficient (Wildman–Crippen LogP) is 0.995. The summed E-state index contributed by atoms with van der Waals surface area (Å²) in [6.07, 6.45) is 0. The first-order valence-corrected chi connectivity index (χ1v) is 3.14. The van der Waals surface area contributed by atoms with Crippen molar-refractivity contribution in [3.8, 4) is 0 Å². The second-order valence-corrected chi connectivity index (χ2v) is 2.22. The Bertz CT molecular complexity index is 313. The zero-order valence-electron chi connectivity index (χ0n) is 5.84. The summed E-state index contributed by atoms with van der Waals surface area (Å²) in [6, 6.07) is 6.53. The van der Waals surface area contributed by atoms with Crippen molar-refractivity contribution in [3.63, 3.8) is 0 Å². The van der Waals surface area contributed by atoms with Gasteiger partial charge in [0.2, 0.25) is 0 Å². The van der Waals surface area contributed by atoms with Gasteiger partial charge >= 0.3 is 11.9 Å². The van der Waals surface area contributed by atoms with Crippen LogP contribution < -0.4 is 0 Å². The molecule has 1 aromatic carbocycles. The van der Waals surface area contributed by atoms with Gasteiger partial charge in [-0.3, -0.25) is 0 Å². The van der Waals surface area contributed by atoms with Gasteiger partial charge in [-0.1, -0.05) is 12.1 Å². The SMILES string of the molecule is O=C1OC(=O)c2ccccc21.[Cu]. The van der Waals surface area contributed by atoms with Crippen LogP contribution >= 0.6 is 0 Å². The zero-order valence-corrected chi connectivity index (χ0v) is 6.78.